The summed E-state index contributed by atoms with van der Waals surface area (Å²) in [5, 5.41) is 14.4. The van der Waals surface area contributed by atoms with Gasteiger partial charge in [0, 0.05) is 25.7 Å². The maximum atomic E-state index is 11.1. The minimum Gasteiger partial charge on any atom is -0.489 e. The molecule has 5 nitrogen and oxygen atoms in total. The Bertz CT molecular complexity index is 841. The molecule has 6 heteroatoms. The van der Waals surface area contributed by atoms with Crippen molar-refractivity contribution in [3.05, 3.63) is 58.6 Å². The van der Waals surface area contributed by atoms with Gasteiger partial charge in [-0.05, 0) is 68.1 Å². The van der Waals surface area contributed by atoms with Gasteiger partial charge >= 0.3 is 0 Å². The third kappa shape index (κ3) is 6.46. The molecule has 0 aromatic heterocycles. The van der Waals surface area contributed by atoms with Crippen LogP contribution in [0.5, 0.6) is 5.75 Å². The number of aliphatic hydroxyl groups is 1. The summed E-state index contributed by atoms with van der Waals surface area (Å²) in [6.07, 6.45) is 2.26. The number of benzene rings is 2. The quantitative estimate of drug-likeness (QED) is 0.732. The molecule has 1 heterocycles. The third-order valence-corrected chi connectivity index (χ3v) is 5.59. The van der Waals surface area contributed by atoms with E-state index in [9.17, 15) is 9.90 Å². The molecular weight excluding hydrogens is 388 g/mol. The zero-order chi connectivity index (χ0) is 20.9. The van der Waals surface area contributed by atoms with Crippen LogP contribution in [0.2, 0.25) is 5.02 Å². The lowest BCUT2D eigenvalue weighted by Gasteiger charge is -2.27. The van der Waals surface area contributed by atoms with Crippen LogP contribution in [-0.4, -0.2) is 41.2 Å². The Labute approximate surface area is 177 Å². The lowest BCUT2D eigenvalue weighted by molar-refractivity contribution is -0.114. The van der Waals surface area contributed by atoms with Crippen molar-refractivity contribution in [1.29, 1.82) is 0 Å². The first-order valence-corrected chi connectivity index (χ1v) is 10.4. The minimum absolute atomic E-state index is 0.0706. The zero-order valence-corrected chi connectivity index (χ0v) is 17.8. The van der Waals surface area contributed by atoms with Gasteiger partial charge in [-0.2, -0.15) is 0 Å². The number of likely N-dealkylation sites (tertiary alicyclic amines) is 1. The zero-order valence-electron chi connectivity index (χ0n) is 17.1. The average Bonchev–Trinajstić information content (AvgIpc) is 2.86. The van der Waals surface area contributed by atoms with Crippen molar-refractivity contribution in [3.63, 3.8) is 0 Å². The Hall–Kier alpha value is -2.08. The van der Waals surface area contributed by atoms with Crippen LogP contribution in [0.1, 0.15) is 37.3 Å². The molecule has 0 saturated carbocycles. The highest BCUT2D eigenvalue weighted by atomic mass is 35.5. The molecule has 156 valence electrons. The maximum Gasteiger partial charge on any atom is 0.221 e. The Balaban J connectivity index is 1.53. The normalized spacial score (nSPS) is 20.1. The second kappa shape index (κ2) is 9.61. The second-order valence-corrected chi connectivity index (χ2v) is 8.36. The lowest BCUT2D eigenvalue weighted by atomic mass is 9.96. The largest absolute Gasteiger partial charge is 0.489 e. The number of ether oxygens (including phenoxy) is 1. The van der Waals surface area contributed by atoms with Gasteiger partial charge in [-0.15, -0.1) is 0 Å². The van der Waals surface area contributed by atoms with E-state index in [1.807, 2.05) is 49.4 Å². The second-order valence-electron chi connectivity index (χ2n) is 7.95. The fourth-order valence-corrected chi connectivity index (χ4v) is 3.80. The van der Waals surface area contributed by atoms with Crippen molar-refractivity contribution in [2.24, 2.45) is 0 Å². The predicted octanol–water partition coefficient (Wildman–Crippen LogP) is 4.40. The predicted molar refractivity (Wildman–Crippen MR) is 117 cm³/mol. The van der Waals surface area contributed by atoms with E-state index < -0.39 is 5.60 Å². The number of nitrogens with one attached hydrogen (secondary N) is 1. The van der Waals surface area contributed by atoms with Crippen LogP contribution in [0.3, 0.4) is 0 Å². The highest BCUT2D eigenvalue weighted by Crippen LogP contribution is 2.29. The molecule has 1 amide bonds. The van der Waals surface area contributed by atoms with Crippen LogP contribution in [0, 0.1) is 6.92 Å². The van der Waals surface area contributed by atoms with Crippen LogP contribution in [0.4, 0.5) is 5.69 Å². The molecule has 1 aliphatic rings. The Morgan fingerprint density at radius 2 is 1.97 bits per heavy atom. The van der Waals surface area contributed by atoms with Gasteiger partial charge in [0.1, 0.15) is 12.4 Å². The number of aryl methyl sites for hydroxylation is 1. The van der Waals surface area contributed by atoms with Crippen LogP contribution in [0.15, 0.2) is 42.5 Å². The number of hydrogen-bond donors (Lipinski definition) is 2. The van der Waals surface area contributed by atoms with Gasteiger partial charge in [0.05, 0.1) is 10.6 Å². The van der Waals surface area contributed by atoms with E-state index in [2.05, 4.69) is 10.2 Å². The van der Waals surface area contributed by atoms with E-state index >= 15 is 0 Å². The molecule has 0 unspecified atom stereocenters. The number of carbonyl (C=O) groups is 1. The topological polar surface area (TPSA) is 61.8 Å². The van der Waals surface area contributed by atoms with Gasteiger partial charge in [0.15, 0.2) is 0 Å². The standard InChI is InChI=1S/C23H29ClN2O3/c1-17-4-9-21(24)22(14-17)29-16-23(28)10-3-12-26(13-11-23)15-19-5-7-20(8-6-19)25-18(2)27/h4-9,14,28H,3,10-13,15-16H2,1-2H3,(H,25,27)/t23-/m1/s1. The summed E-state index contributed by atoms with van der Waals surface area (Å²) in [7, 11) is 0. The van der Waals surface area contributed by atoms with Gasteiger partial charge < -0.3 is 15.2 Å². The van der Waals surface area contributed by atoms with E-state index in [1.165, 1.54) is 12.5 Å². The van der Waals surface area contributed by atoms with Gasteiger partial charge in [-0.3, -0.25) is 9.69 Å². The molecule has 1 aliphatic heterocycles. The maximum absolute atomic E-state index is 11.1. The summed E-state index contributed by atoms with van der Waals surface area (Å²) in [5.74, 6) is 0.555. The van der Waals surface area contributed by atoms with Crippen LogP contribution < -0.4 is 10.1 Å². The monoisotopic (exact) mass is 416 g/mol. The number of anilines is 1. The molecule has 2 N–H and O–H groups in total. The number of carbonyl (C=O) groups excluding carboxylic acids is 1. The molecular formula is C23H29ClN2O3. The average molecular weight is 417 g/mol. The molecule has 0 spiro atoms. The highest BCUT2D eigenvalue weighted by Gasteiger charge is 2.31. The third-order valence-electron chi connectivity index (χ3n) is 5.27. The van der Waals surface area contributed by atoms with E-state index in [-0.39, 0.29) is 12.5 Å². The number of rotatable bonds is 6. The smallest absolute Gasteiger partial charge is 0.221 e. The number of nitrogens with zero attached hydrogens (tertiary/aromatic N) is 1. The first kappa shape index (κ1) is 21.6. The van der Waals surface area contributed by atoms with Crippen molar-refractivity contribution < 1.29 is 14.6 Å². The summed E-state index contributed by atoms with van der Waals surface area (Å²) in [6, 6.07) is 13.6. The molecule has 0 aliphatic carbocycles. The van der Waals surface area contributed by atoms with E-state index in [1.54, 1.807) is 0 Å². The molecule has 1 fully saturated rings. The van der Waals surface area contributed by atoms with Crippen molar-refractivity contribution in [3.8, 4) is 5.75 Å². The molecule has 1 saturated heterocycles. The molecule has 29 heavy (non-hydrogen) atoms. The van der Waals surface area contributed by atoms with Crippen molar-refractivity contribution in [2.75, 3.05) is 25.0 Å². The number of hydrogen-bond acceptors (Lipinski definition) is 4. The van der Waals surface area contributed by atoms with Gasteiger partial charge in [0.2, 0.25) is 5.91 Å². The van der Waals surface area contributed by atoms with E-state index in [0.29, 0.717) is 23.6 Å². The van der Waals surface area contributed by atoms with Crippen molar-refractivity contribution >= 4 is 23.2 Å². The summed E-state index contributed by atoms with van der Waals surface area (Å²) >= 11 is 6.21. The van der Waals surface area contributed by atoms with E-state index in [0.717, 1.165) is 37.3 Å². The van der Waals surface area contributed by atoms with Crippen LogP contribution >= 0.6 is 11.6 Å². The summed E-state index contributed by atoms with van der Waals surface area (Å²) in [6.45, 7) is 6.29. The van der Waals surface area contributed by atoms with Gasteiger partial charge in [-0.25, -0.2) is 0 Å². The lowest BCUT2D eigenvalue weighted by Crippen LogP contribution is -2.37. The molecule has 0 radical (unpaired) electrons. The van der Waals surface area contributed by atoms with Crippen LogP contribution in [0.25, 0.3) is 0 Å². The SMILES string of the molecule is CC(=O)Nc1ccc(CN2CCC[C@](O)(COc3cc(C)ccc3Cl)CC2)cc1. The van der Waals surface area contributed by atoms with E-state index in [4.69, 9.17) is 16.3 Å². The summed E-state index contributed by atoms with van der Waals surface area (Å²) < 4.78 is 5.88. The Morgan fingerprint density at radius 3 is 2.69 bits per heavy atom. The van der Waals surface area contributed by atoms with Crippen LogP contribution in [-0.2, 0) is 11.3 Å². The fourth-order valence-electron chi connectivity index (χ4n) is 3.63. The first-order valence-electron chi connectivity index (χ1n) is 10.0. The molecule has 2 aromatic carbocycles. The van der Waals surface area contributed by atoms with Gasteiger partial charge in [0.25, 0.3) is 0 Å². The summed E-state index contributed by atoms with van der Waals surface area (Å²) in [4.78, 5) is 13.5. The molecule has 0 bridgehead atoms. The Kier molecular flexibility index (Phi) is 7.17. The Morgan fingerprint density at radius 1 is 1.21 bits per heavy atom. The number of halogens is 1. The first-order chi connectivity index (χ1) is 13.8. The van der Waals surface area contributed by atoms with Crippen molar-refractivity contribution in [1.82, 2.24) is 4.90 Å². The summed E-state index contributed by atoms with van der Waals surface area (Å²) in [5.41, 5.74) is 2.22. The van der Waals surface area contributed by atoms with Crippen molar-refractivity contribution in [2.45, 2.75) is 45.3 Å². The molecule has 3 rings (SSSR count). The van der Waals surface area contributed by atoms with Gasteiger partial charge in [-0.1, -0.05) is 29.8 Å². The molecule has 2 aromatic rings. The molecule has 1 atom stereocenters. The minimum atomic E-state index is -0.850. The number of amides is 1. The highest BCUT2D eigenvalue weighted by molar-refractivity contribution is 6.32. The fraction of sp³-hybridized carbons (Fsp3) is 0.435.